The number of methoxy groups -OCH3 is 2. The molecule has 0 aromatic heterocycles. The van der Waals surface area contributed by atoms with Crippen LogP contribution in [0.4, 0.5) is 0 Å². The highest BCUT2D eigenvalue weighted by Crippen LogP contribution is 2.18. The van der Waals surface area contributed by atoms with E-state index in [4.69, 9.17) is 15.9 Å². The van der Waals surface area contributed by atoms with E-state index in [1.54, 1.807) is 0 Å². The van der Waals surface area contributed by atoms with Crippen molar-refractivity contribution in [2.45, 2.75) is 25.2 Å². The lowest BCUT2D eigenvalue weighted by Crippen LogP contribution is -2.42. The van der Waals surface area contributed by atoms with Crippen molar-refractivity contribution in [1.29, 1.82) is 0 Å². The van der Waals surface area contributed by atoms with Crippen molar-refractivity contribution in [2.75, 3.05) is 14.2 Å². The van der Waals surface area contributed by atoms with Crippen molar-refractivity contribution in [3.05, 3.63) is 0 Å². The molecule has 0 bridgehead atoms. The van der Waals surface area contributed by atoms with Crippen molar-refractivity contribution in [2.24, 2.45) is 11.7 Å². The molecule has 0 aromatic carbocycles. The second-order valence-electron chi connectivity index (χ2n) is 3.42. The number of hydrogen-bond acceptors (Lipinski definition) is 7. The maximum atomic E-state index is 11.2. The summed E-state index contributed by atoms with van der Waals surface area (Å²) in [5.41, 5.74) is 4.95. The van der Waals surface area contributed by atoms with E-state index in [9.17, 15) is 9.59 Å². The monoisotopic (exact) mass is 235 g/mol. The predicted molar refractivity (Wildman–Crippen MR) is 52.7 cm³/mol. The van der Waals surface area contributed by atoms with Crippen molar-refractivity contribution >= 4 is 11.9 Å². The topological polar surface area (TPSA) is 119 Å². The van der Waals surface area contributed by atoms with Gasteiger partial charge in [-0.15, -0.1) is 0 Å². The number of hydrogen-bond donors (Lipinski definition) is 3. The molecule has 0 fully saturated rings. The first kappa shape index (κ1) is 14.8. The van der Waals surface area contributed by atoms with Gasteiger partial charge in [-0.1, -0.05) is 0 Å². The average molecular weight is 235 g/mol. The van der Waals surface area contributed by atoms with Crippen LogP contribution in [0.3, 0.4) is 0 Å². The first-order valence-corrected chi connectivity index (χ1v) is 4.68. The Hall–Kier alpha value is -1.18. The van der Waals surface area contributed by atoms with E-state index in [0.717, 1.165) is 0 Å². The first-order chi connectivity index (χ1) is 7.30. The fourth-order valence-corrected chi connectivity index (χ4v) is 1.23. The molecule has 0 aromatic rings. The molecule has 4 N–H and O–H groups in total. The summed E-state index contributed by atoms with van der Waals surface area (Å²) in [6.45, 7) is 0. The zero-order valence-electron chi connectivity index (χ0n) is 9.30. The molecule has 0 aliphatic rings. The molecule has 0 spiro atoms. The Labute approximate surface area is 93.1 Å². The molecule has 0 rings (SSSR count). The van der Waals surface area contributed by atoms with Crippen LogP contribution in [0.25, 0.3) is 0 Å². The second kappa shape index (κ2) is 6.41. The van der Waals surface area contributed by atoms with Crippen molar-refractivity contribution in [3.8, 4) is 0 Å². The van der Waals surface area contributed by atoms with Gasteiger partial charge in [0.05, 0.1) is 20.1 Å². The second-order valence-corrected chi connectivity index (χ2v) is 3.42. The number of carbonyl (C=O) groups is 2. The Morgan fingerprint density at radius 1 is 1.31 bits per heavy atom. The van der Waals surface area contributed by atoms with Gasteiger partial charge in [0.25, 0.3) is 0 Å². The number of ether oxygens (including phenoxy) is 2. The molecule has 0 radical (unpaired) electrons. The van der Waals surface area contributed by atoms with E-state index in [-0.39, 0.29) is 12.8 Å². The lowest BCUT2D eigenvalue weighted by atomic mass is 9.97. The van der Waals surface area contributed by atoms with Gasteiger partial charge < -0.3 is 19.7 Å². The zero-order valence-corrected chi connectivity index (χ0v) is 9.30. The highest BCUT2D eigenvalue weighted by atomic mass is 16.5. The van der Waals surface area contributed by atoms with Crippen LogP contribution < -0.4 is 5.73 Å². The van der Waals surface area contributed by atoms with E-state index in [0.29, 0.717) is 0 Å². The van der Waals surface area contributed by atoms with Gasteiger partial charge in [-0.05, 0) is 6.42 Å². The van der Waals surface area contributed by atoms with Crippen LogP contribution in [-0.2, 0) is 19.1 Å². The maximum absolute atomic E-state index is 11.2. The summed E-state index contributed by atoms with van der Waals surface area (Å²) in [6.07, 6.45) is -0.345. The summed E-state index contributed by atoms with van der Waals surface area (Å²) >= 11 is 0. The van der Waals surface area contributed by atoms with Crippen molar-refractivity contribution in [1.82, 2.24) is 0 Å². The van der Waals surface area contributed by atoms with E-state index >= 15 is 0 Å². The van der Waals surface area contributed by atoms with Crippen LogP contribution in [0.15, 0.2) is 0 Å². The third-order valence-electron chi connectivity index (χ3n) is 2.01. The lowest BCUT2D eigenvalue weighted by Gasteiger charge is -2.21. The predicted octanol–water partition coefficient (Wildman–Crippen LogP) is -1.28. The van der Waals surface area contributed by atoms with Gasteiger partial charge >= 0.3 is 11.9 Å². The highest BCUT2D eigenvalue weighted by molar-refractivity contribution is 5.74. The third kappa shape index (κ3) is 6.33. The van der Waals surface area contributed by atoms with Crippen LogP contribution in [-0.4, -0.2) is 42.3 Å². The number of rotatable bonds is 6. The van der Waals surface area contributed by atoms with Crippen LogP contribution in [0.5, 0.6) is 0 Å². The van der Waals surface area contributed by atoms with Gasteiger partial charge in [0.15, 0.2) is 0 Å². The van der Waals surface area contributed by atoms with E-state index in [2.05, 4.69) is 9.47 Å². The van der Waals surface area contributed by atoms with E-state index < -0.39 is 30.2 Å². The van der Waals surface area contributed by atoms with Gasteiger partial charge in [0.1, 0.15) is 0 Å². The SMILES string of the molecule is COC(=O)CCC(CC(N)(O)O)C(=O)OC. The molecule has 7 nitrogen and oxygen atoms in total. The molecule has 0 aliphatic carbocycles. The summed E-state index contributed by atoms with van der Waals surface area (Å²) in [4.78, 5) is 22.1. The molecule has 1 atom stereocenters. The van der Waals surface area contributed by atoms with Crippen molar-refractivity contribution in [3.63, 3.8) is 0 Å². The fraction of sp³-hybridized carbons (Fsp3) is 0.778. The van der Waals surface area contributed by atoms with Crippen LogP contribution in [0.2, 0.25) is 0 Å². The average Bonchev–Trinajstić information content (AvgIpc) is 2.20. The largest absolute Gasteiger partial charge is 0.469 e. The Bertz CT molecular complexity index is 247. The molecule has 0 saturated heterocycles. The summed E-state index contributed by atoms with van der Waals surface area (Å²) < 4.78 is 8.85. The van der Waals surface area contributed by atoms with Gasteiger partial charge in [0, 0.05) is 12.8 Å². The van der Waals surface area contributed by atoms with Gasteiger partial charge in [-0.25, -0.2) is 0 Å². The molecule has 7 heteroatoms. The van der Waals surface area contributed by atoms with Gasteiger partial charge in [-0.2, -0.15) is 0 Å². The van der Waals surface area contributed by atoms with Gasteiger partial charge in [0.2, 0.25) is 5.91 Å². The summed E-state index contributed by atoms with van der Waals surface area (Å²) in [5.74, 6) is -4.46. The quantitative estimate of drug-likeness (QED) is 0.387. The van der Waals surface area contributed by atoms with Crippen molar-refractivity contribution < 1.29 is 29.3 Å². The van der Waals surface area contributed by atoms with E-state index in [1.807, 2.05) is 0 Å². The Balaban J connectivity index is 4.33. The van der Waals surface area contributed by atoms with E-state index in [1.165, 1.54) is 14.2 Å². The molecule has 0 amide bonds. The number of carbonyl (C=O) groups excluding carboxylic acids is 2. The Morgan fingerprint density at radius 3 is 2.25 bits per heavy atom. The summed E-state index contributed by atoms with van der Waals surface area (Å²) in [5, 5.41) is 17.9. The smallest absolute Gasteiger partial charge is 0.308 e. The zero-order chi connectivity index (χ0) is 12.8. The Morgan fingerprint density at radius 2 is 1.88 bits per heavy atom. The standard InChI is InChI=1S/C9H17NO6/c1-15-7(11)4-3-6(8(12)16-2)5-9(10,13)14/h6,13-14H,3-5,10H2,1-2H3. The molecule has 0 aliphatic heterocycles. The first-order valence-electron chi connectivity index (χ1n) is 4.68. The van der Waals surface area contributed by atoms with Crippen LogP contribution >= 0.6 is 0 Å². The number of nitrogens with two attached hydrogens (primary N) is 1. The van der Waals surface area contributed by atoms with Gasteiger partial charge in [-0.3, -0.25) is 15.3 Å². The molecule has 0 heterocycles. The minimum absolute atomic E-state index is 0.0215. The maximum Gasteiger partial charge on any atom is 0.308 e. The minimum Gasteiger partial charge on any atom is -0.469 e. The third-order valence-corrected chi connectivity index (χ3v) is 2.01. The number of aliphatic hydroxyl groups is 2. The molecule has 0 saturated carbocycles. The lowest BCUT2D eigenvalue weighted by molar-refractivity contribution is -0.179. The highest BCUT2D eigenvalue weighted by Gasteiger charge is 2.29. The van der Waals surface area contributed by atoms with Crippen LogP contribution in [0.1, 0.15) is 19.3 Å². The summed E-state index contributed by atoms with van der Waals surface area (Å²) in [7, 11) is 2.39. The van der Waals surface area contributed by atoms with Crippen LogP contribution in [0, 0.1) is 5.92 Å². The molecule has 1 unspecified atom stereocenters. The summed E-state index contributed by atoms with van der Waals surface area (Å²) in [6, 6.07) is 0. The molecule has 94 valence electrons. The molecular weight excluding hydrogens is 218 g/mol. The fourth-order valence-electron chi connectivity index (χ4n) is 1.23. The molecular formula is C9H17NO6. The minimum atomic E-state index is -2.46. The Kier molecular flexibility index (Phi) is 5.94. The number of esters is 2. The normalized spacial score (nSPS) is 13.1. The molecule has 16 heavy (non-hydrogen) atoms.